The zero-order valence-corrected chi connectivity index (χ0v) is 14.9. The fourth-order valence-corrected chi connectivity index (χ4v) is 3.92. The van der Waals surface area contributed by atoms with Gasteiger partial charge in [-0.3, -0.25) is 9.69 Å². The lowest BCUT2D eigenvalue weighted by Gasteiger charge is -2.32. The number of benzene rings is 1. The van der Waals surface area contributed by atoms with E-state index in [1.54, 1.807) is 0 Å². The third-order valence-electron chi connectivity index (χ3n) is 5.31. The molecule has 0 saturated carbocycles. The first-order valence-electron chi connectivity index (χ1n) is 9.43. The van der Waals surface area contributed by atoms with Gasteiger partial charge in [-0.25, -0.2) is 0 Å². The van der Waals surface area contributed by atoms with Gasteiger partial charge >= 0.3 is 0 Å². The first kappa shape index (κ1) is 17.2. The van der Waals surface area contributed by atoms with E-state index >= 15 is 0 Å². The van der Waals surface area contributed by atoms with Crippen molar-refractivity contribution in [3.8, 4) is 0 Å². The Hall–Kier alpha value is -1.61. The number of nitrogens with zero attached hydrogens (tertiary/aromatic N) is 2. The molecule has 0 atom stereocenters. The fraction of sp³-hybridized carbons (Fsp3) is 0.571. The van der Waals surface area contributed by atoms with Gasteiger partial charge in [-0.05, 0) is 57.2 Å². The Bertz CT molecular complexity index is 552. The summed E-state index contributed by atoms with van der Waals surface area (Å²) in [7, 11) is 0. The molecule has 2 heterocycles. The number of carbonyl (C=O) groups excluding carboxylic acids is 1. The average molecular weight is 326 g/mol. The van der Waals surface area contributed by atoms with E-state index in [1.807, 2.05) is 0 Å². The summed E-state index contributed by atoms with van der Waals surface area (Å²) in [6, 6.07) is 10.5. The quantitative estimate of drug-likeness (QED) is 0.821. The Morgan fingerprint density at radius 1 is 1.08 bits per heavy atom. The van der Waals surface area contributed by atoms with E-state index in [0.717, 1.165) is 52.0 Å². The molecule has 2 fully saturated rings. The Morgan fingerprint density at radius 3 is 2.42 bits per heavy atom. The number of rotatable bonds is 5. The van der Waals surface area contributed by atoms with Crippen molar-refractivity contribution in [2.45, 2.75) is 39.0 Å². The van der Waals surface area contributed by atoms with Gasteiger partial charge in [-0.1, -0.05) is 42.0 Å². The lowest BCUT2D eigenvalue weighted by molar-refractivity contribution is -0.131. The summed E-state index contributed by atoms with van der Waals surface area (Å²) in [4.78, 5) is 16.9. The van der Waals surface area contributed by atoms with Crippen molar-refractivity contribution in [2.24, 2.45) is 5.92 Å². The zero-order chi connectivity index (χ0) is 16.8. The number of hydrogen-bond donors (Lipinski definition) is 0. The van der Waals surface area contributed by atoms with Crippen LogP contribution in [0.2, 0.25) is 0 Å². The van der Waals surface area contributed by atoms with Gasteiger partial charge in [0.25, 0.3) is 0 Å². The fourth-order valence-electron chi connectivity index (χ4n) is 3.92. The molecule has 1 aromatic rings. The molecule has 0 spiro atoms. The molecular formula is C21H30N2O. The zero-order valence-electron chi connectivity index (χ0n) is 14.9. The molecule has 0 N–H and O–H groups in total. The minimum Gasteiger partial charge on any atom is -0.343 e. The smallest absolute Gasteiger partial charge is 0.222 e. The predicted octanol–water partition coefficient (Wildman–Crippen LogP) is 3.81. The third kappa shape index (κ3) is 4.94. The highest BCUT2D eigenvalue weighted by Gasteiger charge is 2.25. The third-order valence-corrected chi connectivity index (χ3v) is 5.31. The number of hydrogen-bond acceptors (Lipinski definition) is 2. The minimum atomic E-state index is 0.395. The van der Waals surface area contributed by atoms with Gasteiger partial charge in [0.1, 0.15) is 0 Å². The monoisotopic (exact) mass is 326 g/mol. The summed E-state index contributed by atoms with van der Waals surface area (Å²) in [5.74, 6) is 0.985. The SMILES string of the molecule is CC(=Cc1ccccc1)CN1CCC(CC(=O)N2CCCC2)CC1. The van der Waals surface area contributed by atoms with Crippen LogP contribution in [0.25, 0.3) is 6.08 Å². The van der Waals surface area contributed by atoms with E-state index in [0.29, 0.717) is 11.8 Å². The topological polar surface area (TPSA) is 23.6 Å². The van der Waals surface area contributed by atoms with Crippen LogP contribution < -0.4 is 0 Å². The molecule has 0 aliphatic carbocycles. The maximum atomic E-state index is 12.3. The van der Waals surface area contributed by atoms with E-state index < -0.39 is 0 Å². The van der Waals surface area contributed by atoms with Crippen LogP contribution in [-0.4, -0.2) is 48.4 Å². The second kappa shape index (κ2) is 8.48. The number of likely N-dealkylation sites (tertiary alicyclic amines) is 2. The van der Waals surface area contributed by atoms with Crippen LogP contribution in [-0.2, 0) is 4.79 Å². The highest BCUT2D eigenvalue weighted by Crippen LogP contribution is 2.23. The molecule has 2 aliphatic rings. The summed E-state index contributed by atoms with van der Waals surface area (Å²) in [6.45, 7) is 7.48. The van der Waals surface area contributed by atoms with Crippen LogP contribution in [0.4, 0.5) is 0 Å². The maximum Gasteiger partial charge on any atom is 0.222 e. The lowest BCUT2D eigenvalue weighted by atomic mass is 9.92. The molecule has 3 nitrogen and oxygen atoms in total. The van der Waals surface area contributed by atoms with E-state index in [-0.39, 0.29) is 0 Å². The number of piperidine rings is 1. The lowest BCUT2D eigenvalue weighted by Crippen LogP contribution is -2.37. The molecule has 3 rings (SSSR count). The van der Waals surface area contributed by atoms with Gasteiger partial charge in [0.2, 0.25) is 5.91 Å². The molecule has 1 amide bonds. The Kier molecular flexibility index (Phi) is 6.08. The second-order valence-corrected chi connectivity index (χ2v) is 7.41. The van der Waals surface area contributed by atoms with Gasteiger partial charge < -0.3 is 4.90 Å². The molecule has 0 radical (unpaired) electrons. The molecular weight excluding hydrogens is 296 g/mol. The molecule has 0 aromatic heterocycles. The summed E-state index contributed by atoms with van der Waals surface area (Å²) in [5.41, 5.74) is 2.69. The van der Waals surface area contributed by atoms with Gasteiger partial charge in [0.05, 0.1) is 0 Å². The van der Waals surface area contributed by atoms with Crippen LogP contribution in [0, 0.1) is 5.92 Å². The predicted molar refractivity (Wildman–Crippen MR) is 99.7 cm³/mol. The summed E-state index contributed by atoms with van der Waals surface area (Å²) in [5, 5.41) is 0. The van der Waals surface area contributed by atoms with Crippen molar-refractivity contribution in [1.29, 1.82) is 0 Å². The van der Waals surface area contributed by atoms with E-state index in [4.69, 9.17) is 0 Å². The molecule has 0 bridgehead atoms. The van der Waals surface area contributed by atoms with Crippen molar-refractivity contribution in [2.75, 3.05) is 32.7 Å². The molecule has 130 valence electrons. The van der Waals surface area contributed by atoms with Gasteiger partial charge in [0, 0.05) is 26.1 Å². The van der Waals surface area contributed by atoms with Gasteiger partial charge in [0.15, 0.2) is 0 Å². The first-order valence-corrected chi connectivity index (χ1v) is 9.43. The highest BCUT2D eigenvalue weighted by atomic mass is 16.2. The van der Waals surface area contributed by atoms with Crippen LogP contribution in [0.1, 0.15) is 44.6 Å². The Morgan fingerprint density at radius 2 is 1.75 bits per heavy atom. The Labute approximate surface area is 146 Å². The molecule has 24 heavy (non-hydrogen) atoms. The van der Waals surface area contributed by atoms with Gasteiger partial charge in [-0.15, -0.1) is 0 Å². The number of carbonyl (C=O) groups is 1. The van der Waals surface area contributed by atoms with Crippen molar-refractivity contribution in [3.63, 3.8) is 0 Å². The second-order valence-electron chi connectivity index (χ2n) is 7.41. The van der Waals surface area contributed by atoms with E-state index in [9.17, 15) is 4.79 Å². The molecule has 2 aliphatic heterocycles. The van der Waals surface area contributed by atoms with Crippen molar-refractivity contribution in [1.82, 2.24) is 9.80 Å². The van der Waals surface area contributed by atoms with Crippen LogP contribution in [0.5, 0.6) is 0 Å². The van der Waals surface area contributed by atoms with E-state index in [2.05, 4.69) is 53.1 Å². The largest absolute Gasteiger partial charge is 0.343 e. The summed E-state index contributed by atoms with van der Waals surface area (Å²) in [6.07, 6.45) is 7.76. The first-order chi connectivity index (χ1) is 11.7. The van der Waals surface area contributed by atoms with Crippen molar-refractivity contribution < 1.29 is 4.79 Å². The highest BCUT2D eigenvalue weighted by molar-refractivity contribution is 5.76. The van der Waals surface area contributed by atoms with E-state index in [1.165, 1.54) is 24.0 Å². The average Bonchev–Trinajstić information content (AvgIpc) is 3.12. The van der Waals surface area contributed by atoms with Crippen molar-refractivity contribution >= 4 is 12.0 Å². The van der Waals surface area contributed by atoms with Crippen LogP contribution >= 0.6 is 0 Å². The Balaban J connectivity index is 1.41. The minimum absolute atomic E-state index is 0.395. The van der Waals surface area contributed by atoms with Crippen LogP contribution in [0.15, 0.2) is 35.9 Å². The van der Waals surface area contributed by atoms with Gasteiger partial charge in [-0.2, -0.15) is 0 Å². The summed E-state index contributed by atoms with van der Waals surface area (Å²) >= 11 is 0. The van der Waals surface area contributed by atoms with Crippen LogP contribution in [0.3, 0.4) is 0 Å². The standard InChI is InChI=1S/C21H30N2O/c1-18(15-19-7-3-2-4-8-19)17-22-13-9-20(10-14-22)16-21(24)23-11-5-6-12-23/h2-4,7-8,15,20H,5-6,9-14,16-17H2,1H3. The molecule has 1 aromatic carbocycles. The van der Waals surface area contributed by atoms with Crippen molar-refractivity contribution in [3.05, 3.63) is 41.5 Å². The maximum absolute atomic E-state index is 12.3. The molecule has 2 saturated heterocycles. The normalized spacial score (nSPS) is 20.5. The summed E-state index contributed by atoms with van der Waals surface area (Å²) < 4.78 is 0. The molecule has 3 heteroatoms. The number of amides is 1. The molecule has 0 unspecified atom stereocenters.